The molecule has 0 aromatic heterocycles. The molecule has 2 aliphatic rings. The number of carbonyl (C=O) groups is 1. The molecule has 1 amide bonds. The van der Waals surface area contributed by atoms with Gasteiger partial charge in [0.05, 0.1) is 0 Å². The van der Waals surface area contributed by atoms with Crippen LogP contribution in [0.15, 0.2) is 0 Å². The van der Waals surface area contributed by atoms with E-state index in [0.29, 0.717) is 12.0 Å². The third-order valence-electron chi connectivity index (χ3n) is 4.91. The van der Waals surface area contributed by atoms with E-state index in [-0.39, 0.29) is 5.91 Å². The van der Waals surface area contributed by atoms with Crippen molar-refractivity contribution >= 4 is 5.91 Å². The summed E-state index contributed by atoms with van der Waals surface area (Å²) in [6.45, 7) is 6.87. The Morgan fingerprint density at radius 2 is 1.89 bits per heavy atom. The Morgan fingerprint density at radius 3 is 2.32 bits per heavy atom. The molecule has 0 saturated heterocycles. The normalized spacial score (nSPS) is 23.7. The van der Waals surface area contributed by atoms with E-state index in [1.807, 2.05) is 0 Å². The van der Waals surface area contributed by atoms with Gasteiger partial charge < -0.3 is 11.1 Å². The highest BCUT2D eigenvalue weighted by Gasteiger charge is 2.50. The second kappa shape index (κ2) is 6.23. The lowest BCUT2D eigenvalue weighted by Gasteiger charge is -2.39. The molecule has 0 heterocycles. The first-order valence-electron chi connectivity index (χ1n) is 7.93. The maximum Gasteiger partial charge on any atom is 0.239 e. The van der Waals surface area contributed by atoms with Crippen molar-refractivity contribution in [1.82, 2.24) is 10.2 Å². The van der Waals surface area contributed by atoms with Gasteiger partial charge in [-0.15, -0.1) is 0 Å². The van der Waals surface area contributed by atoms with Crippen molar-refractivity contribution in [2.24, 2.45) is 11.7 Å². The van der Waals surface area contributed by atoms with Crippen LogP contribution in [-0.2, 0) is 4.79 Å². The molecular weight excluding hydrogens is 238 g/mol. The summed E-state index contributed by atoms with van der Waals surface area (Å²) < 4.78 is 0. The molecule has 0 aliphatic heterocycles. The van der Waals surface area contributed by atoms with E-state index in [4.69, 9.17) is 5.73 Å². The van der Waals surface area contributed by atoms with E-state index in [2.05, 4.69) is 24.1 Å². The van der Waals surface area contributed by atoms with Gasteiger partial charge in [0.1, 0.15) is 5.54 Å². The molecule has 110 valence electrons. The van der Waals surface area contributed by atoms with Crippen LogP contribution in [0.3, 0.4) is 0 Å². The summed E-state index contributed by atoms with van der Waals surface area (Å²) in [5.41, 5.74) is 5.28. The van der Waals surface area contributed by atoms with Crippen LogP contribution in [0.5, 0.6) is 0 Å². The summed E-state index contributed by atoms with van der Waals surface area (Å²) in [5, 5.41) is 3.43. The molecule has 19 heavy (non-hydrogen) atoms. The summed E-state index contributed by atoms with van der Waals surface area (Å²) in [7, 11) is 0. The smallest absolute Gasteiger partial charge is 0.239 e. The SMILES string of the molecule is CCNC(CN(CC)C1CCCC1)(C(N)=O)C1CC1. The van der Waals surface area contributed by atoms with Crippen LogP contribution in [0.1, 0.15) is 52.4 Å². The Balaban J connectivity index is 2.10. The first-order valence-corrected chi connectivity index (χ1v) is 7.93. The molecule has 2 saturated carbocycles. The standard InChI is InChI=1S/C15H29N3O/c1-3-17-15(14(16)19,12-9-10-12)11-18(4-2)13-7-5-6-8-13/h12-13,17H,3-11H2,1-2H3,(H2,16,19). The van der Waals surface area contributed by atoms with Crippen LogP contribution in [0.4, 0.5) is 0 Å². The van der Waals surface area contributed by atoms with Crippen LogP contribution in [0.25, 0.3) is 0 Å². The van der Waals surface area contributed by atoms with E-state index in [0.717, 1.165) is 32.5 Å². The quantitative estimate of drug-likeness (QED) is 0.700. The molecule has 4 heteroatoms. The number of primary amides is 1. The largest absolute Gasteiger partial charge is 0.368 e. The Morgan fingerprint density at radius 1 is 1.26 bits per heavy atom. The number of amides is 1. The Bertz CT molecular complexity index is 311. The fraction of sp³-hybridized carbons (Fsp3) is 0.933. The Hall–Kier alpha value is -0.610. The van der Waals surface area contributed by atoms with Gasteiger partial charge in [-0.25, -0.2) is 0 Å². The number of likely N-dealkylation sites (N-methyl/N-ethyl adjacent to an activating group) is 2. The fourth-order valence-electron chi connectivity index (χ4n) is 3.68. The molecule has 1 atom stereocenters. The predicted molar refractivity (Wildman–Crippen MR) is 77.8 cm³/mol. The van der Waals surface area contributed by atoms with Crippen LogP contribution in [0, 0.1) is 5.92 Å². The van der Waals surface area contributed by atoms with E-state index < -0.39 is 5.54 Å². The molecule has 0 bridgehead atoms. The highest BCUT2D eigenvalue weighted by atomic mass is 16.1. The summed E-state index contributed by atoms with van der Waals surface area (Å²) in [5.74, 6) is 0.286. The van der Waals surface area contributed by atoms with Crippen LogP contribution >= 0.6 is 0 Å². The molecule has 4 nitrogen and oxygen atoms in total. The van der Waals surface area contributed by atoms with Crippen LogP contribution in [0.2, 0.25) is 0 Å². The van der Waals surface area contributed by atoms with Crippen molar-refractivity contribution in [1.29, 1.82) is 0 Å². The zero-order valence-electron chi connectivity index (χ0n) is 12.5. The number of hydrogen-bond donors (Lipinski definition) is 2. The second-order valence-electron chi connectivity index (χ2n) is 6.14. The van der Waals surface area contributed by atoms with Gasteiger partial charge in [0.2, 0.25) is 5.91 Å². The van der Waals surface area contributed by atoms with Gasteiger partial charge in [0, 0.05) is 12.6 Å². The number of rotatable bonds is 8. The number of hydrogen-bond acceptors (Lipinski definition) is 3. The van der Waals surface area contributed by atoms with E-state index in [9.17, 15) is 4.79 Å². The van der Waals surface area contributed by atoms with Gasteiger partial charge in [-0.05, 0) is 44.7 Å². The van der Waals surface area contributed by atoms with Gasteiger partial charge in [-0.3, -0.25) is 9.69 Å². The second-order valence-corrected chi connectivity index (χ2v) is 6.14. The summed E-state index contributed by atoms with van der Waals surface area (Å²) in [4.78, 5) is 14.6. The van der Waals surface area contributed by atoms with Crippen molar-refractivity contribution in [3.05, 3.63) is 0 Å². The molecule has 0 aromatic rings. The third kappa shape index (κ3) is 3.11. The van der Waals surface area contributed by atoms with Crippen molar-refractivity contribution in [2.45, 2.75) is 64.0 Å². The number of nitrogens with two attached hydrogens (primary N) is 1. The number of carbonyl (C=O) groups excluding carboxylic acids is 1. The average Bonchev–Trinajstić information content (AvgIpc) is 3.10. The molecule has 2 aliphatic carbocycles. The minimum absolute atomic E-state index is 0.159. The minimum atomic E-state index is -0.493. The molecule has 2 rings (SSSR count). The number of nitrogens with zero attached hydrogens (tertiary/aromatic N) is 1. The zero-order chi connectivity index (χ0) is 13.9. The van der Waals surface area contributed by atoms with E-state index in [1.54, 1.807) is 0 Å². The van der Waals surface area contributed by atoms with Gasteiger partial charge in [-0.2, -0.15) is 0 Å². The molecule has 3 N–H and O–H groups in total. The summed E-state index contributed by atoms with van der Waals surface area (Å²) in [6, 6.07) is 0.654. The van der Waals surface area contributed by atoms with Crippen molar-refractivity contribution in [2.75, 3.05) is 19.6 Å². The zero-order valence-corrected chi connectivity index (χ0v) is 12.5. The third-order valence-corrected chi connectivity index (χ3v) is 4.91. The monoisotopic (exact) mass is 267 g/mol. The molecule has 0 aromatic carbocycles. The highest BCUT2D eigenvalue weighted by Crippen LogP contribution is 2.41. The lowest BCUT2D eigenvalue weighted by molar-refractivity contribution is -0.126. The van der Waals surface area contributed by atoms with Crippen LogP contribution < -0.4 is 11.1 Å². The molecule has 2 fully saturated rings. The minimum Gasteiger partial charge on any atom is -0.368 e. The maximum absolute atomic E-state index is 12.1. The fourth-order valence-corrected chi connectivity index (χ4v) is 3.68. The van der Waals surface area contributed by atoms with E-state index >= 15 is 0 Å². The Labute approximate surface area is 117 Å². The molecule has 0 radical (unpaired) electrons. The van der Waals surface area contributed by atoms with Gasteiger partial charge >= 0.3 is 0 Å². The number of nitrogens with one attached hydrogen (secondary N) is 1. The van der Waals surface area contributed by atoms with Gasteiger partial charge in [0.25, 0.3) is 0 Å². The van der Waals surface area contributed by atoms with Crippen molar-refractivity contribution in [3.8, 4) is 0 Å². The maximum atomic E-state index is 12.1. The summed E-state index contributed by atoms with van der Waals surface area (Å²) in [6.07, 6.45) is 7.49. The van der Waals surface area contributed by atoms with E-state index in [1.165, 1.54) is 25.7 Å². The average molecular weight is 267 g/mol. The first-order chi connectivity index (χ1) is 9.14. The van der Waals surface area contributed by atoms with Crippen molar-refractivity contribution in [3.63, 3.8) is 0 Å². The van der Waals surface area contributed by atoms with Crippen molar-refractivity contribution < 1.29 is 4.79 Å². The molecule has 1 unspecified atom stereocenters. The molecular formula is C15H29N3O. The summed E-state index contributed by atoms with van der Waals surface area (Å²) >= 11 is 0. The first kappa shape index (κ1) is 14.8. The lowest BCUT2D eigenvalue weighted by atomic mass is 9.90. The Kier molecular flexibility index (Phi) is 4.85. The highest BCUT2D eigenvalue weighted by molar-refractivity contribution is 5.86. The predicted octanol–water partition coefficient (Wildman–Crippen LogP) is 1.49. The lowest BCUT2D eigenvalue weighted by Crippen LogP contribution is -2.64. The van der Waals surface area contributed by atoms with Crippen LogP contribution in [-0.4, -0.2) is 42.0 Å². The topological polar surface area (TPSA) is 58.4 Å². The van der Waals surface area contributed by atoms with Gasteiger partial charge in [-0.1, -0.05) is 26.7 Å². The van der Waals surface area contributed by atoms with Gasteiger partial charge in [0.15, 0.2) is 0 Å². The molecule has 0 spiro atoms.